The molecule has 2 rings (SSSR count). The van der Waals surface area contributed by atoms with Gasteiger partial charge in [-0.1, -0.05) is 12.8 Å². The Morgan fingerprint density at radius 3 is 2.72 bits per heavy atom. The SMILES string of the molecule is Nc1cn[nH]c1C(=O)NCCN1CCCCCC1. The third-order valence-corrected chi connectivity index (χ3v) is 3.31. The summed E-state index contributed by atoms with van der Waals surface area (Å²) in [6.45, 7) is 3.83. The van der Waals surface area contributed by atoms with Crippen molar-refractivity contribution in [2.24, 2.45) is 0 Å². The normalized spacial score (nSPS) is 17.3. The minimum Gasteiger partial charge on any atom is -0.396 e. The molecule has 0 aromatic carbocycles. The lowest BCUT2D eigenvalue weighted by molar-refractivity contribution is 0.0944. The Bertz CT molecular complexity index is 382. The van der Waals surface area contributed by atoms with Crippen LogP contribution in [-0.2, 0) is 0 Å². The maximum atomic E-state index is 11.8. The molecule has 1 saturated heterocycles. The molecule has 1 aromatic rings. The molecule has 100 valence electrons. The zero-order valence-electron chi connectivity index (χ0n) is 10.6. The highest BCUT2D eigenvalue weighted by molar-refractivity contribution is 5.96. The van der Waals surface area contributed by atoms with E-state index in [1.807, 2.05) is 0 Å². The number of likely N-dealkylation sites (tertiary alicyclic amines) is 1. The predicted molar refractivity (Wildman–Crippen MR) is 70.2 cm³/mol. The number of nitrogens with two attached hydrogens (primary N) is 1. The van der Waals surface area contributed by atoms with Crippen LogP contribution in [0.15, 0.2) is 6.20 Å². The molecular weight excluding hydrogens is 230 g/mol. The summed E-state index contributed by atoms with van der Waals surface area (Å²) in [5, 5.41) is 9.20. The Kier molecular flexibility index (Phi) is 4.58. The second-order valence-corrected chi connectivity index (χ2v) is 4.71. The van der Waals surface area contributed by atoms with Crippen LogP contribution in [0.25, 0.3) is 0 Å². The maximum absolute atomic E-state index is 11.8. The maximum Gasteiger partial charge on any atom is 0.271 e. The van der Waals surface area contributed by atoms with Crippen molar-refractivity contribution in [3.05, 3.63) is 11.9 Å². The first-order valence-corrected chi connectivity index (χ1v) is 6.57. The van der Waals surface area contributed by atoms with Crippen LogP contribution in [0.5, 0.6) is 0 Å². The molecule has 1 aromatic heterocycles. The monoisotopic (exact) mass is 251 g/mol. The van der Waals surface area contributed by atoms with E-state index in [2.05, 4.69) is 20.4 Å². The topological polar surface area (TPSA) is 87.0 Å². The summed E-state index contributed by atoms with van der Waals surface area (Å²) in [6.07, 6.45) is 6.63. The van der Waals surface area contributed by atoms with Crippen molar-refractivity contribution in [2.45, 2.75) is 25.7 Å². The van der Waals surface area contributed by atoms with Gasteiger partial charge in [0, 0.05) is 13.1 Å². The number of rotatable bonds is 4. The fraction of sp³-hybridized carbons (Fsp3) is 0.667. The highest BCUT2D eigenvalue weighted by atomic mass is 16.1. The van der Waals surface area contributed by atoms with Crippen LogP contribution in [0.3, 0.4) is 0 Å². The zero-order chi connectivity index (χ0) is 12.8. The number of nitrogens with zero attached hydrogens (tertiary/aromatic N) is 2. The molecule has 2 heterocycles. The molecule has 1 aliphatic heterocycles. The molecule has 1 amide bonds. The second kappa shape index (κ2) is 6.39. The zero-order valence-corrected chi connectivity index (χ0v) is 10.6. The van der Waals surface area contributed by atoms with Gasteiger partial charge >= 0.3 is 0 Å². The van der Waals surface area contributed by atoms with Crippen LogP contribution in [-0.4, -0.2) is 47.2 Å². The summed E-state index contributed by atoms with van der Waals surface area (Å²) in [6, 6.07) is 0. The van der Waals surface area contributed by atoms with Gasteiger partial charge in [0.25, 0.3) is 5.91 Å². The van der Waals surface area contributed by atoms with Crippen molar-refractivity contribution >= 4 is 11.6 Å². The standard InChI is InChI=1S/C12H21N5O/c13-10-9-15-16-11(10)12(18)14-5-8-17-6-3-1-2-4-7-17/h9H,1-8,13H2,(H,14,18)(H,15,16). The number of nitrogens with one attached hydrogen (secondary N) is 2. The third-order valence-electron chi connectivity index (χ3n) is 3.31. The van der Waals surface area contributed by atoms with Gasteiger partial charge < -0.3 is 16.0 Å². The lowest BCUT2D eigenvalue weighted by Gasteiger charge is -2.19. The van der Waals surface area contributed by atoms with Crippen LogP contribution in [0, 0.1) is 0 Å². The number of nitrogen functional groups attached to an aromatic ring is 1. The van der Waals surface area contributed by atoms with E-state index in [1.54, 1.807) is 0 Å². The number of anilines is 1. The number of aromatic nitrogens is 2. The molecule has 1 fully saturated rings. The summed E-state index contributed by atoms with van der Waals surface area (Å²) >= 11 is 0. The Morgan fingerprint density at radius 1 is 1.39 bits per heavy atom. The summed E-state index contributed by atoms with van der Waals surface area (Å²) in [7, 11) is 0. The number of amides is 1. The van der Waals surface area contributed by atoms with Gasteiger partial charge in [-0.3, -0.25) is 9.89 Å². The summed E-state index contributed by atoms with van der Waals surface area (Å²) < 4.78 is 0. The number of H-pyrrole nitrogens is 1. The molecule has 4 N–H and O–H groups in total. The fourth-order valence-corrected chi connectivity index (χ4v) is 2.25. The Labute approximate surface area is 107 Å². The van der Waals surface area contributed by atoms with Gasteiger partial charge in [0.1, 0.15) is 5.69 Å². The first-order valence-electron chi connectivity index (χ1n) is 6.57. The molecule has 0 unspecified atom stereocenters. The lowest BCUT2D eigenvalue weighted by atomic mass is 10.2. The largest absolute Gasteiger partial charge is 0.396 e. The quantitative estimate of drug-likeness (QED) is 0.731. The Balaban J connectivity index is 1.71. The molecule has 0 bridgehead atoms. The molecule has 0 radical (unpaired) electrons. The highest BCUT2D eigenvalue weighted by Gasteiger charge is 2.12. The first kappa shape index (κ1) is 12.9. The van der Waals surface area contributed by atoms with Crippen molar-refractivity contribution in [1.29, 1.82) is 0 Å². The van der Waals surface area contributed by atoms with E-state index < -0.39 is 0 Å². The van der Waals surface area contributed by atoms with E-state index in [0.717, 1.165) is 19.6 Å². The van der Waals surface area contributed by atoms with Crippen molar-refractivity contribution < 1.29 is 4.79 Å². The van der Waals surface area contributed by atoms with Gasteiger partial charge in [0.15, 0.2) is 0 Å². The van der Waals surface area contributed by atoms with Crippen molar-refractivity contribution in [3.63, 3.8) is 0 Å². The summed E-state index contributed by atoms with van der Waals surface area (Å²) in [5.41, 5.74) is 6.36. The van der Waals surface area contributed by atoms with Crippen molar-refractivity contribution in [3.8, 4) is 0 Å². The predicted octanol–water partition coefficient (Wildman–Crippen LogP) is 0.598. The van der Waals surface area contributed by atoms with Crippen molar-refractivity contribution in [2.75, 3.05) is 31.9 Å². The Hall–Kier alpha value is -1.56. The van der Waals surface area contributed by atoms with Crippen LogP contribution in [0.1, 0.15) is 36.2 Å². The molecular formula is C12H21N5O. The van der Waals surface area contributed by atoms with Crippen LogP contribution >= 0.6 is 0 Å². The van der Waals surface area contributed by atoms with Gasteiger partial charge in [0.2, 0.25) is 0 Å². The van der Waals surface area contributed by atoms with Crippen LogP contribution in [0.2, 0.25) is 0 Å². The van der Waals surface area contributed by atoms with E-state index in [9.17, 15) is 4.79 Å². The van der Waals surface area contributed by atoms with Gasteiger partial charge in [-0.05, 0) is 25.9 Å². The second-order valence-electron chi connectivity index (χ2n) is 4.71. The number of aromatic amines is 1. The van der Waals surface area contributed by atoms with E-state index in [0.29, 0.717) is 17.9 Å². The highest BCUT2D eigenvalue weighted by Crippen LogP contribution is 2.09. The summed E-state index contributed by atoms with van der Waals surface area (Å²) in [5.74, 6) is -0.181. The van der Waals surface area contributed by atoms with Gasteiger partial charge in [-0.2, -0.15) is 5.10 Å². The van der Waals surface area contributed by atoms with Gasteiger partial charge in [-0.15, -0.1) is 0 Å². The summed E-state index contributed by atoms with van der Waals surface area (Å²) in [4.78, 5) is 14.2. The molecule has 0 saturated carbocycles. The van der Waals surface area contributed by atoms with Gasteiger partial charge in [0.05, 0.1) is 11.9 Å². The third kappa shape index (κ3) is 3.46. The van der Waals surface area contributed by atoms with E-state index in [1.165, 1.54) is 31.9 Å². The molecule has 0 spiro atoms. The minimum atomic E-state index is -0.181. The average Bonchev–Trinajstić information content (AvgIpc) is 2.63. The van der Waals surface area contributed by atoms with E-state index in [4.69, 9.17) is 5.73 Å². The van der Waals surface area contributed by atoms with E-state index in [-0.39, 0.29) is 5.91 Å². The molecule has 0 aliphatic carbocycles. The van der Waals surface area contributed by atoms with E-state index >= 15 is 0 Å². The molecule has 18 heavy (non-hydrogen) atoms. The number of carbonyl (C=O) groups is 1. The lowest BCUT2D eigenvalue weighted by Crippen LogP contribution is -2.35. The average molecular weight is 251 g/mol. The Morgan fingerprint density at radius 2 is 2.11 bits per heavy atom. The van der Waals surface area contributed by atoms with Gasteiger partial charge in [-0.25, -0.2) is 0 Å². The molecule has 1 aliphatic rings. The molecule has 6 nitrogen and oxygen atoms in total. The van der Waals surface area contributed by atoms with Crippen molar-refractivity contribution in [1.82, 2.24) is 20.4 Å². The first-order chi connectivity index (χ1) is 8.77. The number of hydrogen-bond acceptors (Lipinski definition) is 4. The van der Waals surface area contributed by atoms with Crippen LogP contribution < -0.4 is 11.1 Å². The molecule has 0 atom stereocenters. The fourth-order valence-electron chi connectivity index (χ4n) is 2.25. The molecule has 6 heteroatoms. The van der Waals surface area contributed by atoms with Crippen LogP contribution in [0.4, 0.5) is 5.69 Å². The minimum absolute atomic E-state index is 0.181. The number of hydrogen-bond donors (Lipinski definition) is 3. The smallest absolute Gasteiger partial charge is 0.271 e. The number of carbonyl (C=O) groups excluding carboxylic acids is 1.